The zero-order chi connectivity index (χ0) is 38.6. The third-order valence-corrected chi connectivity index (χ3v) is 10.4. The van der Waals surface area contributed by atoms with Crippen LogP contribution in [0.4, 0.5) is 9.59 Å². The fourth-order valence-electron chi connectivity index (χ4n) is 6.76. The van der Waals surface area contributed by atoms with E-state index in [1.165, 1.54) is 4.90 Å². The summed E-state index contributed by atoms with van der Waals surface area (Å²) in [5.41, 5.74) is -0.403. The SMILES string of the molecule is CC(C)(C)OC(=O)C(Cc1cccc([S+]([O-])c2cccc(CC(C(=O)OC(C)(C)C)[C@H]3CCN(C(=O)OC(C)(C)C)C3)c2)c1)[C@H]1CCN(C(=O)O)C1. The average Bonchev–Trinajstić information content (AvgIpc) is 3.71. The van der Waals surface area contributed by atoms with Gasteiger partial charge in [0, 0.05) is 37.4 Å². The van der Waals surface area contributed by atoms with Crippen molar-refractivity contribution in [3.63, 3.8) is 0 Å². The maximum absolute atomic E-state index is 14.0. The molecular weight excluding hydrogens is 685 g/mol. The Hall–Kier alpha value is -3.77. The quantitative estimate of drug-likeness (QED) is 0.153. The molecular formula is C40H56N2O9S. The van der Waals surface area contributed by atoms with Crippen molar-refractivity contribution in [3.05, 3.63) is 59.7 Å². The molecule has 2 aromatic rings. The van der Waals surface area contributed by atoms with Crippen molar-refractivity contribution in [2.24, 2.45) is 23.7 Å². The molecule has 2 saturated heterocycles. The lowest BCUT2D eigenvalue weighted by atomic mass is 9.86. The molecule has 2 heterocycles. The van der Waals surface area contributed by atoms with E-state index in [0.717, 1.165) is 11.1 Å². The fourth-order valence-corrected chi connectivity index (χ4v) is 7.95. The van der Waals surface area contributed by atoms with Gasteiger partial charge in [-0.15, -0.1) is 0 Å². The van der Waals surface area contributed by atoms with Gasteiger partial charge in [0.15, 0.2) is 9.79 Å². The van der Waals surface area contributed by atoms with Crippen molar-refractivity contribution < 1.29 is 43.0 Å². The van der Waals surface area contributed by atoms with E-state index in [0.29, 0.717) is 55.1 Å². The normalized spacial score (nSPS) is 19.9. The van der Waals surface area contributed by atoms with Gasteiger partial charge in [-0.1, -0.05) is 24.3 Å². The van der Waals surface area contributed by atoms with E-state index in [1.54, 1.807) is 37.8 Å². The number of carbonyl (C=O) groups is 4. The predicted octanol–water partition coefficient (Wildman–Crippen LogP) is 7.11. The van der Waals surface area contributed by atoms with Crippen LogP contribution in [-0.2, 0) is 47.8 Å². The van der Waals surface area contributed by atoms with Crippen molar-refractivity contribution in [2.75, 3.05) is 26.2 Å². The third kappa shape index (κ3) is 11.9. The van der Waals surface area contributed by atoms with Gasteiger partial charge in [0.1, 0.15) is 16.8 Å². The first-order valence-corrected chi connectivity index (χ1v) is 19.2. The molecule has 0 aromatic heterocycles. The summed E-state index contributed by atoms with van der Waals surface area (Å²) in [7, 11) is 0. The van der Waals surface area contributed by atoms with Crippen LogP contribution < -0.4 is 0 Å². The Morgan fingerprint density at radius 1 is 0.712 bits per heavy atom. The van der Waals surface area contributed by atoms with E-state index in [1.807, 2.05) is 77.9 Å². The predicted molar refractivity (Wildman–Crippen MR) is 197 cm³/mol. The van der Waals surface area contributed by atoms with Gasteiger partial charge < -0.3 is 33.7 Å². The summed E-state index contributed by atoms with van der Waals surface area (Å²) in [6.45, 7) is 17.8. The van der Waals surface area contributed by atoms with Crippen LogP contribution in [0.15, 0.2) is 58.3 Å². The molecule has 0 radical (unpaired) electrons. The summed E-state index contributed by atoms with van der Waals surface area (Å²) in [5.74, 6) is -2.16. The lowest BCUT2D eigenvalue weighted by molar-refractivity contribution is -0.163. The van der Waals surface area contributed by atoms with Crippen LogP contribution in [0.3, 0.4) is 0 Å². The maximum Gasteiger partial charge on any atom is 0.410 e. The molecule has 5 atom stereocenters. The number of esters is 2. The van der Waals surface area contributed by atoms with E-state index < -0.39 is 52.0 Å². The molecule has 0 saturated carbocycles. The zero-order valence-electron chi connectivity index (χ0n) is 32.1. The van der Waals surface area contributed by atoms with Crippen molar-refractivity contribution in [3.8, 4) is 0 Å². The highest BCUT2D eigenvalue weighted by Crippen LogP contribution is 2.33. The first kappa shape index (κ1) is 41.0. The van der Waals surface area contributed by atoms with Crippen LogP contribution >= 0.6 is 0 Å². The molecule has 0 aliphatic carbocycles. The Morgan fingerprint density at radius 2 is 1.12 bits per heavy atom. The number of benzene rings is 2. The summed E-state index contributed by atoms with van der Waals surface area (Å²) in [6.07, 6.45) is 0.435. The summed E-state index contributed by atoms with van der Waals surface area (Å²) < 4.78 is 31.2. The molecule has 2 amide bonds. The Balaban J connectivity index is 1.54. The monoisotopic (exact) mass is 740 g/mol. The molecule has 2 aromatic carbocycles. The van der Waals surface area contributed by atoms with Crippen LogP contribution in [0.5, 0.6) is 0 Å². The molecule has 11 nitrogen and oxygen atoms in total. The van der Waals surface area contributed by atoms with Gasteiger partial charge >= 0.3 is 24.1 Å². The smallest absolute Gasteiger partial charge is 0.410 e. The number of carboxylic acid groups (broad SMARTS) is 1. The molecule has 2 fully saturated rings. The van der Waals surface area contributed by atoms with Crippen LogP contribution in [0.1, 0.15) is 86.3 Å². The van der Waals surface area contributed by atoms with E-state index in [4.69, 9.17) is 14.2 Å². The fraction of sp³-hybridized carbons (Fsp3) is 0.600. The summed E-state index contributed by atoms with van der Waals surface area (Å²) >= 11 is -1.58. The molecule has 2 aliphatic rings. The first-order valence-electron chi connectivity index (χ1n) is 18.1. The number of ether oxygens (including phenoxy) is 3. The molecule has 0 bridgehead atoms. The third-order valence-electron chi connectivity index (χ3n) is 9.07. The maximum atomic E-state index is 14.0. The Bertz CT molecular complexity index is 1590. The van der Waals surface area contributed by atoms with E-state index in [9.17, 15) is 28.8 Å². The van der Waals surface area contributed by atoms with Gasteiger partial charge in [0.25, 0.3) is 0 Å². The van der Waals surface area contributed by atoms with Crippen molar-refractivity contribution in [1.82, 2.24) is 9.80 Å². The van der Waals surface area contributed by atoms with Gasteiger partial charge in [0.05, 0.1) is 11.8 Å². The van der Waals surface area contributed by atoms with Gasteiger partial charge in [-0.3, -0.25) is 9.59 Å². The molecule has 286 valence electrons. The summed E-state index contributed by atoms with van der Waals surface area (Å²) in [5, 5.41) is 9.53. The summed E-state index contributed by atoms with van der Waals surface area (Å²) in [6, 6.07) is 14.7. The number of nitrogens with zero attached hydrogens (tertiary/aromatic N) is 2. The van der Waals surface area contributed by atoms with Gasteiger partial charge in [0.2, 0.25) is 0 Å². The Morgan fingerprint density at radius 3 is 1.50 bits per heavy atom. The number of hydrogen-bond acceptors (Lipinski definition) is 8. The topological polar surface area (TPSA) is 146 Å². The van der Waals surface area contributed by atoms with Crippen molar-refractivity contribution >= 4 is 35.3 Å². The second-order valence-electron chi connectivity index (χ2n) is 17.0. The zero-order valence-corrected chi connectivity index (χ0v) is 32.9. The first-order chi connectivity index (χ1) is 24.1. The molecule has 12 heteroatoms. The summed E-state index contributed by atoms with van der Waals surface area (Å²) in [4.78, 5) is 55.6. The van der Waals surface area contributed by atoms with Crippen LogP contribution in [0.25, 0.3) is 0 Å². The molecule has 1 N–H and O–H groups in total. The number of hydrogen-bond donors (Lipinski definition) is 1. The highest BCUT2D eigenvalue weighted by Gasteiger charge is 2.40. The number of carbonyl (C=O) groups excluding carboxylic acids is 3. The minimum absolute atomic E-state index is 0.145. The lowest BCUT2D eigenvalue weighted by Gasteiger charge is -2.28. The molecule has 0 spiro atoms. The van der Waals surface area contributed by atoms with Crippen molar-refractivity contribution in [1.29, 1.82) is 0 Å². The molecule has 2 aliphatic heterocycles. The molecule has 3 unspecified atom stereocenters. The second kappa shape index (κ2) is 16.5. The number of amides is 2. The Labute approximate surface area is 311 Å². The van der Waals surface area contributed by atoms with E-state index >= 15 is 0 Å². The number of likely N-dealkylation sites (tertiary alicyclic amines) is 2. The minimum atomic E-state index is -1.58. The highest BCUT2D eigenvalue weighted by molar-refractivity contribution is 7.91. The second-order valence-corrected chi connectivity index (χ2v) is 18.5. The molecule has 4 rings (SSSR count). The van der Waals surface area contributed by atoms with E-state index in [-0.39, 0.29) is 30.3 Å². The lowest BCUT2D eigenvalue weighted by Crippen LogP contribution is -2.38. The average molecular weight is 741 g/mol. The van der Waals surface area contributed by atoms with Crippen LogP contribution in [0, 0.1) is 23.7 Å². The largest absolute Gasteiger partial charge is 0.606 e. The van der Waals surface area contributed by atoms with Crippen LogP contribution in [0.2, 0.25) is 0 Å². The van der Waals surface area contributed by atoms with Gasteiger partial charge in [-0.25, -0.2) is 9.59 Å². The van der Waals surface area contributed by atoms with E-state index in [2.05, 4.69) is 0 Å². The highest BCUT2D eigenvalue weighted by atomic mass is 32.2. The standard InChI is InChI=1S/C40H56N2O9S/c1-38(2,3)49-34(43)32(28-16-18-41(24-28)36(45)46)22-26-12-10-14-30(20-26)52(48)31-15-11-13-27(21-31)23-33(35(44)50-39(4,5)6)29-17-19-42(25-29)37(47)51-40(7,8)9/h10-15,20-21,28-29,32-33H,16-19,22-25H2,1-9H3,(H,45,46)/t28-,29-,32?,33?,52?/m0/s1. The Kier molecular flexibility index (Phi) is 13.0. The molecule has 52 heavy (non-hydrogen) atoms. The van der Waals surface area contributed by atoms with Crippen LogP contribution in [-0.4, -0.2) is 86.6 Å². The minimum Gasteiger partial charge on any atom is -0.606 e. The van der Waals surface area contributed by atoms with Gasteiger partial charge in [-0.05, 0) is 135 Å². The van der Waals surface area contributed by atoms with Gasteiger partial charge in [-0.2, -0.15) is 0 Å². The number of rotatable bonds is 10. The van der Waals surface area contributed by atoms with Crippen molar-refractivity contribution in [2.45, 2.75) is 115 Å².